The number of nitrogens with zero attached hydrogens (tertiary/aromatic N) is 3. The molecule has 2 N–H and O–H groups in total. The van der Waals surface area contributed by atoms with Crippen molar-refractivity contribution in [2.75, 3.05) is 32.5 Å². The van der Waals surface area contributed by atoms with Crippen molar-refractivity contribution in [3.8, 4) is 11.3 Å². The monoisotopic (exact) mass is 436 g/mol. The second-order valence-electron chi connectivity index (χ2n) is 6.95. The van der Waals surface area contributed by atoms with Gasteiger partial charge in [-0.25, -0.2) is 18.6 Å². The highest BCUT2D eigenvalue weighted by atomic mass is 35.5. The highest BCUT2D eigenvalue weighted by Gasteiger charge is 2.29. The van der Waals surface area contributed by atoms with E-state index in [9.17, 15) is 13.6 Å². The molecule has 0 aliphatic carbocycles. The average molecular weight is 437 g/mol. The first-order chi connectivity index (χ1) is 14.4. The summed E-state index contributed by atoms with van der Waals surface area (Å²) in [5, 5.41) is 0.439. The molecule has 0 bridgehead atoms. The second kappa shape index (κ2) is 8.08. The number of morpholine rings is 1. The summed E-state index contributed by atoms with van der Waals surface area (Å²) in [7, 11) is 1.31. The zero-order valence-electron chi connectivity index (χ0n) is 16.1. The maximum Gasteiger partial charge on any atom is 0.409 e. The lowest BCUT2D eigenvalue weighted by Gasteiger charge is -2.32. The molecule has 30 heavy (non-hydrogen) atoms. The molecule has 0 radical (unpaired) electrons. The van der Waals surface area contributed by atoms with Gasteiger partial charge in [-0.05, 0) is 18.2 Å². The molecule has 2 aromatic heterocycles. The lowest BCUT2D eigenvalue weighted by Crippen LogP contribution is -2.46. The van der Waals surface area contributed by atoms with E-state index in [4.69, 9.17) is 26.8 Å². The van der Waals surface area contributed by atoms with Crippen LogP contribution in [0.5, 0.6) is 0 Å². The molecule has 0 saturated carbocycles. The molecule has 3 aromatic rings. The van der Waals surface area contributed by atoms with E-state index < -0.39 is 23.8 Å². The van der Waals surface area contributed by atoms with Gasteiger partial charge in [0.25, 0.3) is 0 Å². The number of amides is 1. The van der Waals surface area contributed by atoms with Crippen LogP contribution < -0.4 is 5.73 Å². The lowest BCUT2D eigenvalue weighted by molar-refractivity contribution is -0.0241. The zero-order valence-corrected chi connectivity index (χ0v) is 16.8. The van der Waals surface area contributed by atoms with Crippen LogP contribution in [-0.4, -0.2) is 53.3 Å². The molecule has 0 unspecified atom stereocenters. The molecule has 158 valence electrons. The fourth-order valence-electron chi connectivity index (χ4n) is 3.64. The number of methoxy groups -OCH3 is 1. The van der Waals surface area contributed by atoms with Gasteiger partial charge in [0.05, 0.1) is 43.3 Å². The fourth-order valence-corrected chi connectivity index (χ4v) is 3.79. The molecular formula is C20H19ClF2N4O3. The topological polar surface area (TPSA) is 82.1 Å². The van der Waals surface area contributed by atoms with Crippen molar-refractivity contribution in [3.63, 3.8) is 0 Å². The van der Waals surface area contributed by atoms with Crippen LogP contribution in [0.15, 0.2) is 30.5 Å². The van der Waals surface area contributed by atoms with E-state index >= 15 is 0 Å². The summed E-state index contributed by atoms with van der Waals surface area (Å²) in [6.45, 7) is 1.00. The Morgan fingerprint density at radius 2 is 2.10 bits per heavy atom. The number of hydrogen-bond donors (Lipinski definition) is 1. The number of imidazole rings is 1. The largest absolute Gasteiger partial charge is 0.453 e. The van der Waals surface area contributed by atoms with Gasteiger partial charge in [0, 0.05) is 35.9 Å². The Bertz CT molecular complexity index is 1100. The highest BCUT2D eigenvalue weighted by Crippen LogP contribution is 2.32. The molecule has 3 heterocycles. The fraction of sp³-hybridized carbons (Fsp3) is 0.300. The number of hydrogen-bond acceptors (Lipinski definition) is 5. The number of fused-ring (bicyclic) bond motifs is 1. The number of rotatable bonds is 3. The van der Waals surface area contributed by atoms with E-state index in [0.29, 0.717) is 29.5 Å². The van der Waals surface area contributed by atoms with E-state index in [1.807, 2.05) is 0 Å². The van der Waals surface area contributed by atoms with Gasteiger partial charge < -0.3 is 24.5 Å². The smallest absolute Gasteiger partial charge is 0.409 e. The Morgan fingerprint density at radius 1 is 1.37 bits per heavy atom. The quantitative estimate of drug-likeness (QED) is 0.635. The van der Waals surface area contributed by atoms with Gasteiger partial charge in [0.1, 0.15) is 17.3 Å². The molecule has 10 heteroatoms. The Kier molecular flexibility index (Phi) is 5.48. The van der Waals surface area contributed by atoms with Crippen LogP contribution >= 0.6 is 11.6 Å². The minimum Gasteiger partial charge on any atom is -0.453 e. The maximum atomic E-state index is 14.7. The molecule has 1 atom stereocenters. The van der Waals surface area contributed by atoms with Crippen molar-refractivity contribution in [1.29, 1.82) is 0 Å². The summed E-state index contributed by atoms with van der Waals surface area (Å²) in [6.07, 6.45) is 1.07. The molecule has 1 aliphatic rings. The van der Waals surface area contributed by atoms with Gasteiger partial charge >= 0.3 is 6.09 Å². The molecule has 1 saturated heterocycles. The Labute approximate surface area is 175 Å². The summed E-state index contributed by atoms with van der Waals surface area (Å²) in [5.74, 6) is -1.63. The first-order valence-corrected chi connectivity index (χ1v) is 9.61. The van der Waals surface area contributed by atoms with Gasteiger partial charge in [0.15, 0.2) is 0 Å². The number of ether oxygens (including phenoxy) is 2. The van der Waals surface area contributed by atoms with Crippen molar-refractivity contribution < 1.29 is 23.0 Å². The second-order valence-corrected chi connectivity index (χ2v) is 7.39. The van der Waals surface area contributed by atoms with Crippen molar-refractivity contribution in [2.24, 2.45) is 0 Å². The third-order valence-corrected chi connectivity index (χ3v) is 5.22. The SMILES string of the molecule is COC(=O)N1CCO[C@@H](Cc2c(-c3c(F)cc(N)cc3F)nc3cc(Cl)ccn23)C1. The van der Waals surface area contributed by atoms with Crippen molar-refractivity contribution >= 4 is 29.0 Å². The first kappa shape index (κ1) is 20.4. The molecule has 4 rings (SSSR count). The summed E-state index contributed by atoms with van der Waals surface area (Å²) in [4.78, 5) is 17.8. The van der Waals surface area contributed by atoms with E-state index in [1.54, 1.807) is 22.7 Å². The third-order valence-electron chi connectivity index (χ3n) is 4.98. The normalized spacial score (nSPS) is 16.8. The predicted molar refractivity (Wildman–Crippen MR) is 107 cm³/mol. The van der Waals surface area contributed by atoms with Crippen LogP contribution in [-0.2, 0) is 15.9 Å². The summed E-state index contributed by atoms with van der Waals surface area (Å²) < 4.78 is 41.6. The zero-order chi connectivity index (χ0) is 21.4. The summed E-state index contributed by atoms with van der Waals surface area (Å²) >= 11 is 6.07. The van der Waals surface area contributed by atoms with Gasteiger partial charge in [-0.1, -0.05) is 11.6 Å². The van der Waals surface area contributed by atoms with Crippen LogP contribution in [0.25, 0.3) is 16.9 Å². The molecule has 0 spiro atoms. The van der Waals surface area contributed by atoms with Crippen molar-refractivity contribution in [1.82, 2.24) is 14.3 Å². The number of carbonyl (C=O) groups excluding carboxylic acids is 1. The van der Waals surface area contributed by atoms with Crippen LogP contribution in [0.2, 0.25) is 5.02 Å². The van der Waals surface area contributed by atoms with Crippen molar-refractivity contribution in [2.45, 2.75) is 12.5 Å². The Balaban J connectivity index is 1.79. The van der Waals surface area contributed by atoms with E-state index in [0.717, 1.165) is 12.1 Å². The molecule has 7 nitrogen and oxygen atoms in total. The predicted octanol–water partition coefficient (Wildman–Crippen LogP) is 3.52. The number of carbonyl (C=O) groups is 1. The number of benzene rings is 1. The van der Waals surface area contributed by atoms with E-state index in [1.165, 1.54) is 12.0 Å². The molecule has 1 aliphatic heterocycles. The first-order valence-electron chi connectivity index (χ1n) is 9.23. The van der Waals surface area contributed by atoms with Crippen LogP contribution in [0.1, 0.15) is 5.69 Å². The standard InChI is InChI=1S/C20H19ClF2N4O3/c1-29-20(28)26-4-5-30-13(10-26)9-16-19(18-14(22)7-12(24)8-15(18)23)25-17-6-11(21)2-3-27(16)17/h2-3,6-8,13H,4-5,9-10,24H2,1H3/t13-/m0/s1. The van der Waals surface area contributed by atoms with Crippen molar-refractivity contribution in [3.05, 3.63) is 52.8 Å². The lowest BCUT2D eigenvalue weighted by atomic mass is 10.0. The maximum absolute atomic E-state index is 14.7. The average Bonchev–Trinajstić information content (AvgIpc) is 3.03. The summed E-state index contributed by atoms with van der Waals surface area (Å²) in [5.41, 5.74) is 6.35. The minimum atomic E-state index is -0.816. The molecule has 1 fully saturated rings. The summed E-state index contributed by atoms with van der Waals surface area (Å²) in [6, 6.07) is 5.36. The van der Waals surface area contributed by atoms with E-state index in [2.05, 4.69) is 4.98 Å². The van der Waals surface area contributed by atoms with Gasteiger partial charge in [-0.3, -0.25) is 0 Å². The number of nitrogens with two attached hydrogens (primary N) is 1. The number of aromatic nitrogens is 2. The highest BCUT2D eigenvalue weighted by molar-refractivity contribution is 6.30. The molecule has 1 amide bonds. The number of anilines is 1. The van der Waals surface area contributed by atoms with Crippen LogP contribution in [0.3, 0.4) is 0 Å². The third kappa shape index (κ3) is 3.78. The number of halogens is 3. The molecular weight excluding hydrogens is 418 g/mol. The molecule has 1 aromatic carbocycles. The van der Waals surface area contributed by atoms with E-state index in [-0.39, 0.29) is 29.9 Å². The number of nitrogen functional groups attached to an aromatic ring is 1. The van der Waals surface area contributed by atoms with Gasteiger partial charge in [-0.2, -0.15) is 0 Å². The van der Waals surface area contributed by atoms with Crippen LogP contribution in [0, 0.1) is 11.6 Å². The van der Waals surface area contributed by atoms with Crippen LogP contribution in [0.4, 0.5) is 19.3 Å². The van der Waals surface area contributed by atoms with Gasteiger partial charge in [-0.15, -0.1) is 0 Å². The number of pyridine rings is 1. The minimum absolute atomic E-state index is 0.0218. The van der Waals surface area contributed by atoms with Gasteiger partial charge in [0.2, 0.25) is 0 Å². The Hall–Kier alpha value is -2.91. The Morgan fingerprint density at radius 3 is 2.80 bits per heavy atom.